The van der Waals surface area contributed by atoms with Crippen LogP contribution >= 0.6 is 0 Å². The van der Waals surface area contributed by atoms with Crippen LogP contribution in [0.1, 0.15) is 5.56 Å². The number of benzene rings is 1. The van der Waals surface area contributed by atoms with Crippen LogP contribution in [0.4, 0.5) is 0 Å². The number of nitrogens with one attached hydrogen (secondary N) is 1. The van der Waals surface area contributed by atoms with Gasteiger partial charge in [-0.1, -0.05) is 6.07 Å². The second-order valence-electron chi connectivity index (χ2n) is 3.32. The molecule has 0 saturated carbocycles. The van der Waals surface area contributed by atoms with Gasteiger partial charge in [0.2, 0.25) is 0 Å². The number of rotatable bonds is 2. The van der Waals surface area contributed by atoms with Crippen LogP contribution in [-0.2, 0) is 4.79 Å². The van der Waals surface area contributed by atoms with Crippen LogP contribution in [0.15, 0.2) is 41.3 Å². The minimum absolute atomic E-state index is 0.0532. The number of carboxylic acids is 1. The van der Waals surface area contributed by atoms with Crippen LogP contribution < -0.4 is 5.43 Å². The molecule has 0 aliphatic carbocycles. The lowest BCUT2D eigenvalue weighted by atomic mass is 10.1. The first-order valence-electron chi connectivity index (χ1n) is 4.69. The van der Waals surface area contributed by atoms with E-state index in [2.05, 4.69) is 4.98 Å². The number of fused-ring (bicyclic) bond motifs is 1. The van der Waals surface area contributed by atoms with E-state index in [0.717, 1.165) is 11.6 Å². The molecule has 0 fully saturated rings. The van der Waals surface area contributed by atoms with Crippen molar-refractivity contribution >= 4 is 22.9 Å². The Morgan fingerprint density at radius 2 is 2.12 bits per heavy atom. The highest BCUT2D eigenvalue weighted by Crippen LogP contribution is 2.11. The van der Waals surface area contributed by atoms with Crippen LogP contribution in [0.5, 0.6) is 0 Å². The molecule has 0 spiro atoms. The fourth-order valence-electron chi connectivity index (χ4n) is 1.46. The van der Waals surface area contributed by atoms with Crippen molar-refractivity contribution in [2.24, 2.45) is 0 Å². The van der Waals surface area contributed by atoms with Crippen LogP contribution in [0, 0.1) is 0 Å². The number of aliphatic carboxylic acids is 1. The van der Waals surface area contributed by atoms with Gasteiger partial charge in [-0.3, -0.25) is 4.79 Å². The molecule has 2 aromatic rings. The van der Waals surface area contributed by atoms with Crippen LogP contribution in [0.2, 0.25) is 0 Å². The van der Waals surface area contributed by atoms with E-state index in [0.29, 0.717) is 10.9 Å². The maximum Gasteiger partial charge on any atom is 0.328 e. The van der Waals surface area contributed by atoms with Crippen molar-refractivity contribution in [1.29, 1.82) is 0 Å². The lowest BCUT2D eigenvalue weighted by Crippen LogP contribution is -1.99. The Balaban J connectivity index is 2.53. The number of hydrogen-bond donors (Lipinski definition) is 2. The van der Waals surface area contributed by atoms with Gasteiger partial charge < -0.3 is 10.1 Å². The summed E-state index contributed by atoms with van der Waals surface area (Å²) in [5, 5.41) is 9.08. The van der Waals surface area contributed by atoms with Gasteiger partial charge in [0.05, 0.1) is 0 Å². The van der Waals surface area contributed by atoms with E-state index >= 15 is 0 Å². The predicted molar refractivity (Wildman–Crippen MR) is 61.2 cm³/mol. The third kappa shape index (κ3) is 2.00. The second kappa shape index (κ2) is 4.02. The summed E-state index contributed by atoms with van der Waals surface area (Å²) in [6.45, 7) is 0. The molecule has 2 rings (SSSR count). The quantitative estimate of drug-likeness (QED) is 0.748. The standard InChI is InChI=1S/C12H9NO3/c14-11-5-6-13-10-7-8(1-3-9(10)11)2-4-12(15)16/h1-7H,(H,13,14)(H,15,16). The molecule has 1 aromatic carbocycles. The molecule has 4 heteroatoms. The average Bonchev–Trinajstić information content (AvgIpc) is 2.26. The van der Waals surface area contributed by atoms with Crippen molar-refractivity contribution in [3.63, 3.8) is 0 Å². The Bertz CT molecular complexity index is 625. The Morgan fingerprint density at radius 3 is 2.88 bits per heavy atom. The molecule has 1 heterocycles. The van der Waals surface area contributed by atoms with E-state index in [1.807, 2.05) is 0 Å². The summed E-state index contributed by atoms with van der Waals surface area (Å²) in [5.74, 6) is -0.998. The molecule has 0 saturated heterocycles. The van der Waals surface area contributed by atoms with E-state index in [-0.39, 0.29) is 5.43 Å². The molecule has 0 radical (unpaired) electrons. The lowest BCUT2D eigenvalue weighted by Gasteiger charge is -1.98. The molecular weight excluding hydrogens is 206 g/mol. The molecule has 4 nitrogen and oxygen atoms in total. The van der Waals surface area contributed by atoms with Gasteiger partial charge in [-0.2, -0.15) is 0 Å². The molecule has 0 bridgehead atoms. The van der Waals surface area contributed by atoms with E-state index in [1.165, 1.54) is 12.1 Å². The summed E-state index contributed by atoms with van der Waals surface area (Å²) in [4.78, 5) is 24.7. The van der Waals surface area contributed by atoms with Gasteiger partial charge in [0, 0.05) is 29.2 Å². The zero-order chi connectivity index (χ0) is 11.5. The minimum Gasteiger partial charge on any atom is -0.478 e. The van der Waals surface area contributed by atoms with Gasteiger partial charge >= 0.3 is 5.97 Å². The van der Waals surface area contributed by atoms with Gasteiger partial charge in [-0.05, 0) is 23.8 Å². The number of hydrogen-bond acceptors (Lipinski definition) is 2. The third-order valence-electron chi connectivity index (χ3n) is 2.20. The minimum atomic E-state index is -0.998. The van der Waals surface area contributed by atoms with E-state index in [4.69, 9.17) is 5.11 Å². The topological polar surface area (TPSA) is 70.2 Å². The summed E-state index contributed by atoms with van der Waals surface area (Å²) >= 11 is 0. The van der Waals surface area contributed by atoms with Crippen LogP contribution in [0.25, 0.3) is 17.0 Å². The number of carboxylic acid groups (broad SMARTS) is 1. The summed E-state index contributed by atoms with van der Waals surface area (Å²) in [6, 6.07) is 6.57. The SMILES string of the molecule is O=C(O)C=Cc1ccc2c(=O)cc[nH]c2c1. The lowest BCUT2D eigenvalue weighted by molar-refractivity contribution is -0.131. The number of carbonyl (C=O) groups is 1. The molecule has 0 amide bonds. The van der Waals surface area contributed by atoms with Crippen molar-refractivity contribution in [2.45, 2.75) is 0 Å². The molecular formula is C12H9NO3. The molecule has 2 N–H and O–H groups in total. The largest absolute Gasteiger partial charge is 0.478 e. The molecule has 80 valence electrons. The predicted octanol–water partition coefficient (Wildman–Crippen LogP) is 1.63. The summed E-state index contributed by atoms with van der Waals surface area (Å²) in [7, 11) is 0. The monoisotopic (exact) mass is 215 g/mol. The second-order valence-corrected chi connectivity index (χ2v) is 3.32. The maximum absolute atomic E-state index is 11.4. The third-order valence-corrected chi connectivity index (χ3v) is 2.20. The number of aromatic nitrogens is 1. The zero-order valence-corrected chi connectivity index (χ0v) is 8.31. The highest BCUT2D eigenvalue weighted by atomic mass is 16.4. The molecule has 0 unspecified atom stereocenters. The number of pyridine rings is 1. The van der Waals surface area contributed by atoms with Gasteiger partial charge in [-0.25, -0.2) is 4.79 Å². The van der Waals surface area contributed by atoms with Crippen molar-refractivity contribution in [2.75, 3.05) is 0 Å². The van der Waals surface area contributed by atoms with E-state index < -0.39 is 5.97 Å². The molecule has 0 aliphatic rings. The van der Waals surface area contributed by atoms with Gasteiger partial charge in [0.25, 0.3) is 0 Å². The Morgan fingerprint density at radius 1 is 1.31 bits per heavy atom. The van der Waals surface area contributed by atoms with Crippen LogP contribution in [0.3, 0.4) is 0 Å². The summed E-state index contributed by atoms with van der Waals surface area (Å²) in [5.41, 5.74) is 1.37. The summed E-state index contributed by atoms with van der Waals surface area (Å²) < 4.78 is 0. The van der Waals surface area contributed by atoms with Crippen molar-refractivity contribution in [3.8, 4) is 0 Å². The number of H-pyrrole nitrogens is 1. The van der Waals surface area contributed by atoms with E-state index in [1.54, 1.807) is 24.4 Å². The maximum atomic E-state index is 11.4. The summed E-state index contributed by atoms with van der Waals surface area (Å²) in [6.07, 6.45) is 4.10. The Labute approximate surface area is 90.9 Å². The molecule has 0 atom stereocenters. The smallest absolute Gasteiger partial charge is 0.328 e. The first-order valence-corrected chi connectivity index (χ1v) is 4.69. The molecule has 0 aliphatic heterocycles. The van der Waals surface area contributed by atoms with E-state index in [9.17, 15) is 9.59 Å². The normalized spacial score (nSPS) is 11.0. The van der Waals surface area contributed by atoms with Crippen molar-refractivity contribution in [3.05, 3.63) is 52.3 Å². The van der Waals surface area contributed by atoms with Gasteiger partial charge in [0.1, 0.15) is 0 Å². The van der Waals surface area contributed by atoms with Gasteiger partial charge in [0.15, 0.2) is 5.43 Å². The van der Waals surface area contributed by atoms with Crippen molar-refractivity contribution < 1.29 is 9.90 Å². The first-order chi connectivity index (χ1) is 7.66. The van der Waals surface area contributed by atoms with Crippen molar-refractivity contribution in [1.82, 2.24) is 4.98 Å². The fraction of sp³-hybridized carbons (Fsp3) is 0. The van der Waals surface area contributed by atoms with Gasteiger partial charge in [-0.15, -0.1) is 0 Å². The number of aromatic amines is 1. The molecule has 1 aromatic heterocycles. The Hall–Kier alpha value is -2.36. The average molecular weight is 215 g/mol. The fourth-order valence-corrected chi connectivity index (χ4v) is 1.46. The van der Waals surface area contributed by atoms with Crippen LogP contribution in [-0.4, -0.2) is 16.1 Å². The molecule has 16 heavy (non-hydrogen) atoms. The highest BCUT2D eigenvalue weighted by molar-refractivity contribution is 5.87. The first kappa shape index (κ1) is 10.2. The highest BCUT2D eigenvalue weighted by Gasteiger charge is 1.98. The zero-order valence-electron chi connectivity index (χ0n) is 8.31. The Kier molecular flexibility index (Phi) is 2.55.